The van der Waals surface area contributed by atoms with Crippen molar-refractivity contribution in [1.82, 2.24) is 10.6 Å². The number of amides is 1. The lowest BCUT2D eigenvalue weighted by Crippen LogP contribution is -2.33. The Morgan fingerprint density at radius 3 is 2.56 bits per heavy atom. The van der Waals surface area contributed by atoms with E-state index in [1.807, 2.05) is 42.5 Å². The van der Waals surface area contributed by atoms with Gasteiger partial charge in [-0.2, -0.15) is 0 Å². The van der Waals surface area contributed by atoms with Crippen molar-refractivity contribution < 1.29 is 9.53 Å². The van der Waals surface area contributed by atoms with Gasteiger partial charge in [0.25, 0.3) is 5.91 Å². The van der Waals surface area contributed by atoms with Gasteiger partial charge in [0.1, 0.15) is 5.75 Å². The van der Waals surface area contributed by atoms with E-state index in [4.69, 9.17) is 4.74 Å². The Kier molecular flexibility index (Phi) is 5.44. The second kappa shape index (κ2) is 8.13. The molecule has 1 heterocycles. The summed E-state index contributed by atoms with van der Waals surface area (Å²) < 4.78 is 5.90. The van der Waals surface area contributed by atoms with Crippen LogP contribution in [0.5, 0.6) is 5.75 Å². The summed E-state index contributed by atoms with van der Waals surface area (Å²) in [4.78, 5) is 12.5. The van der Waals surface area contributed by atoms with E-state index in [1.54, 1.807) is 0 Å². The zero-order valence-corrected chi connectivity index (χ0v) is 15.7. The zero-order valence-electron chi connectivity index (χ0n) is 15.7. The molecular weight excluding hydrogens is 336 g/mol. The summed E-state index contributed by atoms with van der Waals surface area (Å²) in [7, 11) is 0. The SMILES string of the molecule is O=C(NCC1(COc2ccccc2)CC1)c1ccc([C@H]2CCCNC2)cc1. The van der Waals surface area contributed by atoms with Gasteiger partial charge in [-0.15, -0.1) is 0 Å². The summed E-state index contributed by atoms with van der Waals surface area (Å²) >= 11 is 0. The molecule has 2 aliphatic rings. The number of carbonyl (C=O) groups excluding carboxylic acids is 1. The number of benzene rings is 2. The van der Waals surface area contributed by atoms with Gasteiger partial charge in [0.2, 0.25) is 0 Å². The lowest BCUT2D eigenvalue weighted by atomic mass is 9.91. The van der Waals surface area contributed by atoms with Crippen LogP contribution in [-0.2, 0) is 0 Å². The number of rotatable bonds is 7. The molecule has 2 fully saturated rings. The molecule has 2 aromatic carbocycles. The third-order valence-electron chi connectivity index (χ3n) is 5.81. The first kappa shape index (κ1) is 18.1. The van der Waals surface area contributed by atoms with Crippen molar-refractivity contribution in [3.8, 4) is 5.75 Å². The number of nitrogens with one attached hydrogen (secondary N) is 2. The van der Waals surface area contributed by atoms with Crippen molar-refractivity contribution in [3.05, 3.63) is 65.7 Å². The van der Waals surface area contributed by atoms with Crippen LogP contribution in [0.3, 0.4) is 0 Å². The highest BCUT2D eigenvalue weighted by Gasteiger charge is 2.43. The van der Waals surface area contributed by atoms with E-state index in [1.165, 1.54) is 18.4 Å². The standard InChI is InChI=1S/C23H28N2O2/c26-22(19-10-8-18(9-11-19)20-5-4-14-24-15-20)25-16-23(12-13-23)17-27-21-6-2-1-3-7-21/h1-3,6-11,20,24H,4-5,12-17H2,(H,25,26)/t20-/m0/s1. The molecule has 4 rings (SSSR count). The fraction of sp³-hybridized carbons (Fsp3) is 0.435. The van der Waals surface area contributed by atoms with Crippen LogP contribution in [0.25, 0.3) is 0 Å². The molecule has 1 saturated carbocycles. The molecule has 2 aromatic rings. The van der Waals surface area contributed by atoms with Crippen molar-refractivity contribution in [1.29, 1.82) is 0 Å². The number of ether oxygens (including phenoxy) is 1. The average molecular weight is 364 g/mol. The first-order valence-corrected chi connectivity index (χ1v) is 10.0. The van der Waals surface area contributed by atoms with Crippen LogP contribution < -0.4 is 15.4 Å². The van der Waals surface area contributed by atoms with Gasteiger partial charge in [0.05, 0.1) is 6.61 Å². The molecule has 27 heavy (non-hydrogen) atoms. The second-order valence-corrected chi connectivity index (χ2v) is 7.95. The van der Waals surface area contributed by atoms with Gasteiger partial charge in [-0.25, -0.2) is 0 Å². The molecule has 4 heteroatoms. The van der Waals surface area contributed by atoms with Crippen LogP contribution in [-0.4, -0.2) is 32.1 Å². The normalized spacial score (nSPS) is 20.7. The van der Waals surface area contributed by atoms with Crippen LogP contribution in [0.1, 0.15) is 47.5 Å². The highest BCUT2D eigenvalue weighted by atomic mass is 16.5. The maximum atomic E-state index is 12.5. The highest BCUT2D eigenvalue weighted by molar-refractivity contribution is 5.94. The largest absolute Gasteiger partial charge is 0.493 e. The molecule has 0 bridgehead atoms. The molecule has 2 N–H and O–H groups in total. The minimum atomic E-state index is 0.00862. The number of hydrogen-bond acceptors (Lipinski definition) is 3. The summed E-state index contributed by atoms with van der Waals surface area (Å²) in [6, 6.07) is 18.0. The van der Waals surface area contributed by atoms with Gasteiger partial charge < -0.3 is 15.4 Å². The summed E-state index contributed by atoms with van der Waals surface area (Å²) in [5.74, 6) is 1.47. The van der Waals surface area contributed by atoms with Crippen molar-refractivity contribution in [2.75, 3.05) is 26.2 Å². The van der Waals surface area contributed by atoms with Crippen molar-refractivity contribution in [3.63, 3.8) is 0 Å². The summed E-state index contributed by atoms with van der Waals surface area (Å²) in [6.45, 7) is 3.49. The second-order valence-electron chi connectivity index (χ2n) is 7.95. The summed E-state index contributed by atoms with van der Waals surface area (Å²) in [6.07, 6.45) is 4.66. The topological polar surface area (TPSA) is 50.4 Å². The summed E-state index contributed by atoms with van der Waals surface area (Å²) in [5, 5.41) is 6.55. The first-order chi connectivity index (χ1) is 13.2. The predicted octanol–water partition coefficient (Wildman–Crippen LogP) is 3.74. The predicted molar refractivity (Wildman–Crippen MR) is 107 cm³/mol. The van der Waals surface area contributed by atoms with E-state index < -0.39 is 0 Å². The molecule has 0 spiro atoms. The fourth-order valence-corrected chi connectivity index (χ4v) is 3.71. The molecule has 0 unspecified atom stereocenters. The smallest absolute Gasteiger partial charge is 0.251 e. The van der Waals surface area contributed by atoms with Crippen molar-refractivity contribution in [2.45, 2.75) is 31.6 Å². The van der Waals surface area contributed by atoms with Crippen LogP contribution in [0.2, 0.25) is 0 Å². The third-order valence-corrected chi connectivity index (χ3v) is 5.81. The monoisotopic (exact) mass is 364 g/mol. The fourth-order valence-electron chi connectivity index (χ4n) is 3.71. The Morgan fingerprint density at radius 2 is 1.89 bits per heavy atom. The number of hydrogen-bond donors (Lipinski definition) is 2. The third kappa shape index (κ3) is 4.69. The van der Waals surface area contributed by atoms with Crippen LogP contribution in [0, 0.1) is 5.41 Å². The van der Waals surface area contributed by atoms with Gasteiger partial charge in [0.15, 0.2) is 0 Å². The van der Waals surface area contributed by atoms with Crippen LogP contribution in [0.4, 0.5) is 0 Å². The molecule has 0 aromatic heterocycles. The van der Waals surface area contributed by atoms with Gasteiger partial charge in [-0.05, 0) is 68.0 Å². The average Bonchev–Trinajstić information content (AvgIpc) is 3.52. The molecule has 1 aliphatic carbocycles. The first-order valence-electron chi connectivity index (χ1n) is 10.0. The van der Waals surface area contributed by atoms with Gasteiger partial charge in [0, 0.05) is 24.1 Å². The van der Waals surface area contributed by atoms with E-state index in [0.29, 0.717) is 19.1 Å². The van der Waals surface area contributed by atoms with E-state index >= 15 is 0 Å². The minimum absolute atomic E-state index is 0.00862. The lowest BCUT2D eigenvalue weighted by Gasteiger charge is -2.23. The maximum Gasteiger partial charge on any atom is 0.251 e. The quantitative estimate of drug-likeness (QED) is 0.787. The maximum absolute atomic E-state index is 12.5. The molecule has 0 radical (unpaired) electrons. The van der Waals surface area contributed by atoms with E-state index in [9.17, 15) is 4.79 Å². The van der Waals surface area contributed by atoms with Gasteiger partial charge >= 0.3 is 0 Å². The van der Waals surface area contributed by atoms with E-state index in [-0.39, 0.29) is 11.3 Å². The van der Waals surface area contributed by atoms with Crippen LogP contribution >= 0.6 is 0 Å². The molecule has 4 nitrogen and oxygen atoms in total. The summed E-state index contributed by atoms with van der Waals surface area (Å²) in [5.41, 5.74) is 2.16. The van der Waals surface area contributed by atoms with Gasteiger partial charge in [-0.1, -0.05) is 30.3 Å². The molecule has 1 atom stereocenters. The molecular formula is C23H28N2O2. The Bertz CT molecular complexity index is 748. The Hall–Kier alpha value is -2.33. The zero-order chi connectivity index (χ0) is 18.5. The van der Waals surface area contributed by atoms with Crippen molar-refractivity contribution >= 4 is 5.91 Å². The Balaban J connectivity index is 1.27. The number of carbonyl (C=O) groups is 1. The Labute approximate surface area is 161 Å². The molecule has 142 valence electrons. The molecule has 1 amide bonds. The Morgan fingerprint density at radius 1 is 1.11 bits per heavy atom. The lowest BCUT2D eigenvalue weighted by molar-refractivity contribution is 0.0937. The number of para-hydroxylation sites is 1. The van der Waals surface area contributed by atoms with Crippen LogP contribution in [0.15, 0.2) is 54.6 Å². The van der Waals surface area contributed by atoms with Crippen molar-refractivity contribution in [2.24, 2.45) is 5.41 Å². The molecule has 1 aliphatic heterocycles. The van der Waals surface area contributed by atoms with E-state index in [2.05, 4.69) is 22.8 Å². The molecule has 1 saturated heterocycles. The van der Waals surface area contributed by atoms with E-state index in [0.717, 1.165) is 37.2 Å². The van der Waals surface area contributed by atoms with Gasteiger partial charge in [-0.3, -0.25) is 4.79 Å². The minimum Gasteiger partial charge on any atom is -0.493 e. The highest BCUT2D eigenvalue weighted by Crippen LogP contribution is 2.45. The number of piperidine rings is 1.